The standard InChI is InChI=1S/2K.3H2O.Sr.4H/h;;3*1H2;;;;;/q2*+1;;;;+2;4*-1. The van der Waals surface area contributed by atoms with Crippen LogP contribution in [0.4, 0.5) is 0 Å². The first kappa shape index (κ1) is 46.0. The van der Waals surface area contributed by atoms with E-state index >= 15 is 0 Å². The van der Waals surface area contributed by atoms with Crippen molar-refractivity contribution in [1.82, 2.24) is 0 Å². The maximum atomic E-state index is 0. The van der Waals surface area contributed by atoms with Crippen LogP contribution in [0.25, 0.3) is 0 Å². The Morgan fingerprint density at radius 3 is 0.667 bits per heavy atom. The van der Waals surface area contributed by atoms with Crippen molar-refractivity contribution >= 4 is 45.5 Å². The minimum absolute atomic E-state index is 0. The Kier molecular flexibility index (Phi) is 256. The van der Waals surface area contributed by atoms with Crippen molar-refractivity contribution in [3.8, 4) is 0 Å². The van der Waals surface area contributed by atoms with Crippen molar-refractivity contribution < 1.29 is 125 Å². The minimum atomic E-state index is 0. The molecule has 0 unspecified atom stereocenters. The average molecular weight is 224 g/mol. The molecule has 0 aliphatic heterocycles. The summed E-state index contributed by atoms with van der Waals surface area (Å²) in [7, 11) is 0. The molecule has 32 valence electrons. The number of hydrogen-bond donors (Lipinski definition) is 0. The van der Waals surface area contributed by atoms with E-state index in [1.54, 1.807) is 0 Å². The molecule has 0 aliphatic rings. The van der Waals surface area contributed by atoms with Gasteiger partial charge in [0.05, 0.1) is 0 Å². The fourth-order valence-corrected chi connectivity index (χ4v) is 0. The van der Waals surface area contributed by atoms with Gasteiger partial charge in [0.25, 0.3) is 0 Å². The Hall–Kier alpha value is 4.63. The quantitative estimate of drug-likeness (QED) is 0.365. The molecule has 6 heavy (non-hydrogen) atoms. The van der Waals surface area contributed by atoms with Gasteiger partial charge in [-0.25, -0.2) is 0 Å². The van der Waals surface area contributed by atoms with Crippen LogP contribution in [0.1, 0.15) is 5.71 Å². The molecule has 0 heterocycles. The van der Waals surface area contributed by atoms with Crippen LogP contribution < -0.4 is 103 Å². The van der Waals surface area contributed by atoms with E-state index in [1.165, 1.54) is 0 Å². The van der Waals surface area contributed by atoms with Crippen LogP contribution in [0, 0.1) is 0 Å². The van der Waals surface area contributed by atoms with E-state index in [2.05, 4.69) is 0 Å². The monoisotopic (exact) mass is 224 g/mol. The van der Waals surface area contributed by atoms with E-state index in [-0.39, 0.29) is 170 Å². The minimum Gasteiger partial charge on any atom is -1.00 e. The van der Waals surface area contributed by atoms with Crippen molar-refractivity contribution in [3.63, 3.8) is 0 Å². The number of rotatable bonds is 0. The van der Waals surface area contributed by atoms with E-state index in [0.29, 0.717) is 0 Å². The molecule has 0 spiro atoms. The van der Waals surface area contributed by atoms with Gasteiger partial charge in [0.1, 0.15) is 0 Å². The Morgan fingerprint density at radius 2 is 0.667 bits per heavy atom. The molecule has 0 aromatic carbocycles. The van der Waals surface area contributed by atoms with Gasteiger partial charge in [-0.1, -0.05) is 0 Å². The molecule has 3 nitrogen and oxygen atoms in total. The second-order valence-electron chi connectivity index (χ2n) is 0. The van der Waals surface area contributed by atoms with Crippen LogP contribution >= 0.6 is 0 Å². The molecule has 6 heteroatoms. The fraction of sp³-hybridized carbons (Fsp3) is 0. The van der Waals surface area contributed by atoms with E-state index in [9.17, 15) is 0 Å². The van der Waals surface area contributed by atoms with E-state index < -0.39 is 0 Å². The summed E-state index contributed by atoms with van der Waals surface area (Å²) in [5.74, 6) is 0. The van der Waals surface area contributed by atoms with Crippen molar-refractivity contribution in [2.45, 2.75) is 0 Å². The van der Waals surface area contributed by atoms with Gasteiger partial charge in [-0.15, -0.1) is 0 Å². The molecule has 0 fully saturated rings. The van der Waals surface area contributed by atoms with Gasteiger partial charge < -0.3 is 22.1 Å². The van der Waals surface area contributed by atoms with Crippen LogP contribution in [0.3, 0.4) is 0 Å². The third-order valence-corrected chi connectivity index (χ3v) is 0. The molecule has 0 amide bonds. The number of hydrogen-bond acceptors (Lipinski definition) is 0. The molecule has 0 atom stereocenters. The first-order valence-electron chi connectivity index (χ1n) is 0. The molecule has 0 aliphatic carbocycles. The smallest absolute Gasteiger partial charge is 1.00 e. The Morgan fingerprint density at radius 1 is 0.667 bits per heavy atom. The van der Waals surface area contributed by atoms with Crippen LogP contribution in [-0.4, -0.2) is 61.9 Å². The second-order valence-corrected chi connectivity index (χ2v) is 0. The molecule has 0 bridgehead atoms. The predicted octanol–water partition coefficient (Wildman–Crippen LogP) is -8.40. The average Bonchev–Trinajstić information content (AvgIpc) is 0. The molecule has 0 saturated carbocycles. The molecule has 0 rings (SSSR count). The molecule has 6 N–H and O–H groups in total. The Bertz CT molecular complexity index is 18.5. The Labute approximate surface area is 165 Å². The largest absolute Gasteiger partial charge is 2.00 e. The van der Waals surface area contributed by atoms with Gasteiger partial charge in [0.2, 0.25) is 0 Å². The van der Waals surface area contributed by atoms with Crippen molar-refractivity contribution in [2.24, 2.45) is 0 Å². The summed E-state index contributed by atoms with van der Waals surface area (Å²) >= 11 is 0. The van der Waals surface area contributed by atoms with Crippen LogP contribution in [0.15, 0.2) is 0 Å². The first-order valence-corrected chi connectivity index (χ1v) is 0. The summed E-state index contributed by atoms with van der Waals surface area (Å²) in [5.41, 5.74) is 0. The molecular formula is H10K2O3Sr. The van der Waals surface area contributed by atoms with Gasteiger partial charge in [-0.3, -0.25) is 0 Å². The van der Waals surface area contributed by atoms with Crippen molar-refractivity contribution in [2.75, 3.05) is 0 Å². The molecule has 0 saturated heterocycles. The maximum absolute atomic E-state index is 0. The molecule has 0 aromatic rings. The third-order valence-electron chi connectivity index (χ3n) is 0. The topological polar surface area (TPSA) is 94.5 Å². The summed E-state index contributed by atoms with van der Waals surface area (Å²) in [5, 5.41) is 0. The van der Waals surface area contributed by atoms with Gasteiger partial charge in [-0.05, 0) is 0 Å². The van der Waals surface area contributed by atoms with E-state index in [0.717, 1.165) is 0 Å². The van der Waals surface area contributed by atoms with Crippen molar-refractivity contribution in [1.29, 1.82) is 0 Å². The first-order chi connectivity index (χ1) is 0. The van der Waals surface area contributed by atoms with Gasteiger partial charge >= 0.3 is 148 Å². The molecular weight excluding hydrogens is 214 g/mol. The van der Waals surface area contributed by atoms with Crippen LogP contribution in [0.5, 0.6) is 0 Å². The van der Waals surface area contributed by atoms with E-state index in [1.807, 2.05) is 0 Å². The van der Waals surface area contributed by atoms with Gasteiger partial charge in [-0.2, -0.15) is 0 Å². The zero-order chi connectivity index (χ0) is 0. The molecule has 0 aromatic heterocycles. The second kappa shape index (κ2) is 33.4. The Balaban J connectivity index is 0. The zero-order valence-electron chi connectivity index (χ0n) is 8.21. The SMILES string of the molecule is O.O.O.[H-].[H-].[H-].[H-].[K+].[K+].[Sr+2]. The summed E-state index contributed by atoms with van der Waals surface area (Å²) < 4.78 is 0. The predicted molar refractivity (Wildman–Crippen MR) is 21.0 cm³/mol. The zero-order valence-corrected chi connectivity index (χ0v) is 13.9. The van der Waals surface area contributed by atoms with Gasteiger partial charge in [0, 0.05) is 0 Å². The van der Waals surface area contributed by atoms with Gasteiger partial charge in [0.15, 0.2) is 0 Å². The third kappa shape index (κ3) is 23.4. The van der Waals surface area contributed by atoms with Crippen molar-refractivity contribution in [3.05, 3.63) is 0 Å². The normalized spacial score (nSPS) is 0. The maximum Gasteiger partial charge on any atom is 2.00 e. The summed E-state index contributed by atoms with van der Waals surface area (Å²) in [6.07, 6.45) is 0. The molecule has 0 radical (unpaired) electrons. The van der Waals surface area contributed by atoms with Crippen LogP contribution in [0.2, 0.25) is 0 Å². The summed E-state index contributed by atoms with van der Waals surface area (Å²) in [4.78, 5) is 0. The van der Waals surface area contributed by atoms with E-state index in [4.69, 9.17) is 0 Å². The van der Waals surface area contributed by atoms with Crippen LogP contribution in [-0.2, 0) is 0 Å². The summed E-state index contributed by atoms with van der Waals surface area (Å²) in [6.45, 7) is 0. The summed E-state index contributed by atoms with van der Waals surface area (Å²) in [6, 6.07) is 0. The fourth-order valence-electron chi connectivity index (χ4n) is 0.